The van der Waals surface area contributed by atoms with E-state index in [4.69, 9.17) is 5.73 Å². The summed E-state index contributed by atoms with van der Waals surface area (Å²) in [6.07, 6.45) is 0.966. The van der Waals surface area contributed by atoms with Crippen molar-refractivity contribution in [2.75, 3.05) is 12.3 Å². The first-order valence-corrected chi connectivity index (χ1v) is 8.53. The number of phenolic OH excluding ortho intramolecular Hbond substituents is 1. The molecule has 1 aromatic rings. The molecular formula is C19H25F3N2O2. The molecule has 4 N–H and O–H groups in total. The number of anilines is 1. The number of nitrogens with two attached hydrogens (primary N) is 1. The van der Waals surface area contributed by atoms with Crippen LogP contribution in [0.1, 0.15) is 51.2 Å². The number of amides is 1. The summed E-state index contributed by atoms with van der Waals surface area (Å²) in [7, 11) is 0. The Morgan fingerprint density at radius 2 is 1.96 bits per heavy atom. The first kappa shape index (κ1) is 20.1. The third-order valence-electron chi connectivity index (χ3n) is 5.69. The monoisotopic (exact) mass is 370 g/mol. The topological polar surface area (TPSA) is 75.3 Å². The second-order valence-electron chi connectivity index (χ2n) is 7.66. The van der Waals surface area contributed by atoms with E-state index in [1.807, 2.05) is 24.4 Å². The maximum Gasteiger partial charge on any atom is 0.471 e. The Bertz CT molecular complexity index is 726. The number of phenols is 1. The van der Waals surface area contributed by atoms with Crippen LogP contribution in [0, 0.1) is 5.41 Å². The van der Waals surface area contributed by atoms with Crippen molar-refractivity contribution in [3.63, 3.8) is 0 Å². The highest BCUT2D eigenvalue weighted by molar-refractivity contribution is 5.81. The minimum atomic E-state index is -4.89. The number of aromatic hydroxyl groups is 1. The molecule has 0 aromatic heterocycles. The van der Waals surface area contributed by atoms with Crippen LogP contribution in [0.15, 0.2) is 18.2 Å². The molecule has 0 fully saturated rings. The van der Waals surface area contributed by atoms with Crippen LogP contribution in [0.5, 0.6) is 5.75 Å². The number of alkyl halides is 3. The van der Waals surface area contributed by atoms with Crippen molar-refractivity contribution in [1.82, 2.24) is 5.32 Å². The third kappa shape index (κ3) is 3.81. The number of rotatable bonds is 3. The average molecular weight is 370 g/mol. The first-order valence-electron chi connectivity index (χ1n) is 8.53. The Hall–Kier alpha value is -2.18. The zero-order valence-corrected chi connectivity index (χ0v) is 15.2. The van der Waals surface area contributed by atoms with Gasteiger partial charge in [-0.3, -0.25) is 4.79 Å². The molecule has 1 aliphatic carbocycles. The maximum atomic E-state index is 12.5. The Morgan fingerprint density at radius 3 is 2.58 bits per heavy atom. The van der Waals surface area contributed by atoms with Crippen molar-refractivity contribution >= 4 is 17.7 Å². The fourth-order valence-electron chi connectivity index (χ4n) is 3.53. The highest BCUT2D eigenvalue weighted by atomic mass is 19.4. The van der Waals surface area contributed by atoms with Crippen molar-refractivity contribution in [2.45, 2.75) is 51.6 Å². The average Bonchev–Trinajstić information content (AvgIpc) is 2.52. The lowest BCUT2D eigenvalue weighted by Crippen LogP contribution is -2.45. The SMILES string of the molecule is CC1(C)CCC=Cc2cc(O)c(N)cc2[C@]1(C)CCNC(=O)C(F)(F)F. The van der Waals surface area contributed by atoms with E-state index >= 15 is 0 Å². The van der Waals surface area contributed by atoms with Crippen LogP contribution < -0.4 is 11.1 Å². The molecule has 0 saturated carbocycles. The lowest BCUT2D eigenvalue weighted by atomic mass is 9.58. The molecule has 0 aliphatic heterocycles. The van der Waals surface area contributed by atoms with Gasteiger partial charge >= 0.3 is 12.1 Å². The summed E-state index contributed by atoms with van der Waals surface area (Å²) in [5, 5.41) is 11.9. The van der Waals surface area contributed by atoms with E-state index < -0.39 is 17.5 Å². The predicted molar refractivity (Wildman–Crippen MR) is 95.6 cm³/mol. The van der Waals surface area contributed by atoms with Gasteiger partial charge in [0.05, 0.1) is 5.69 Å². The van der Waals surface area contributed by atoms with Crippen LogP contribution >= 0.6 is 0 Å². The number of allylic oxidation sites excluding steroid dienone is 1. The normalized spacial score (nSPS) is 22.2. The van der Waals surface area contributed by atoms with Gasteiger partial charge in [-0.05, 0) is 53.4 Å². The fraction of sp³-hybridized carbons (Fsp3) is 0.526. The van der Waals surface area contributed by atoms with Gasteiger partial charge in [-0.1, -0.05) is 32.9 Å². The Kier molecular flexibility index (Phi) is 5.31. The molecule has 0 unspecified atom stereocenters. The van der Waals surface area contributed by atoms with E-state index in [9.17, 15) is 23.1 Å². The molecule has 1 atom stereocenters. The van der Waals surface area contributed by atoms with Gasteiger partial charge in [-0.2, -0.15) is 13.2 Å². The molecule has 0 radical (unpaired) electrons. The van der Waals surface area contributed by atoms with Crippen molar-refractivity contribution in [1.29, 1.82) is 0 Å². The van der Waals surface area contributed by atoms with Gasteiger partial charge in [0.2, 0.25) is 0 Å². The minimum absolute atomic E-state index is 0.0282. The molecule has 1 aliphatic rings. The molecule has 7 heteroatoms. The molecule has 4 nitrogen and oxygen atoms in total. The van der Waals surface area contributed by atoms with Crippen LogP contribution in [0.3, 0.4) is 0 Å². The molecule has 0 saturated heterocycles. The van der Waals surface area contributed by atoms with Gasteiger partial charge in [0.1, 0.15) is 5.75 Å². The number of halogens is 3. The third-order valence-corrected chi connectivity index (χ3v) is 5.69. The molecule has 0 spiro atoms. The smallest absolute Gasteiger partial charge is 0.471 e. The van der Waals surface area contributed by atoms with Crippen LogP contribution in [-0.2, 0) is 10.2 Å². The minimum Gasteiger partial charge on any atom is -0.506 e. The number of benzene rings is 1. The van der Waals surface area contributed by atoms with Gasteiger partial charge in [0, 0.05) is 6.54 Å². The van der Waals surface area contributed by atoms with Crippen LogP contribution in [0.25, 0.3) is 6.08 Å². The van der Waals surface area contributed by atoms with E-state index in [0.717, 1.165) is 24.0 Å². The van der Waals surface area contributed by atoms with Gasteiger partial charge < -0.3 is 16.2 Å². The highest BCUT2D eigenvalue weighted by Gasteiger charge is 2.44. The molecular weight excluding hydrogens is 345 g/mol. The van der Waals surface area contributed by atoms with Gasteiger partial charge in [0.15, 0.2) is 0 Å². The maximum absolute atomic E-state index is 12.5. The van der Waals surface area contributed by atoms with Crippen LogP contribution in [0.4, 0.5) is 18.9 Å². The Balaban J connectivity index is 2.41. The van der Waals surface area contributed by atoms with E-state index in [0.29, 0.717) is 6.42 Å². The number of fused-ring (bicyclic) bond motifs is 1. The summed E-state index contributed by atoms with van der Waals surface area (Å²) in [6.45, 7) is 5.98. The lowest BCUT2D eigenvalue weighted by molar-refractivity contribution is -0.173. The number of carbonyl (C=O) groups is 1. The molecule has 0 heterocycles. The fourth-order valence-corrected chi connectivity index (χ4v) is 3.53. The van der Waals surface area contributed by atoms with E-state index in [-0.39, 0.29) is 23.4 Å². The number of hydrogen-bond donors (Lipinski definition) is 3. The molecule has 2 rings (SSSR count). The summed E-state index contributed by atoms with van der Waals surface area (Å²) >= 11 is 0. The number of hydrogen-bond acceptors (Lipinski definition) is 3. The van der Waals surface area contributed by atoms with Crippen molar-refractivity contribution in [3.8, 4) is 5.75 Å². The van der Waals surface area contributed by atoms with Crippen molar-refractivity contribution in [2.24, 2.45) is 5.41 Å². The van der Waals surface area contributed by atoms with E-state index in [1.54, 1.807) is 12.1 Å². The quantitative estimate of drug-likeness (QED) is 0.553. The Morgan fingerprint density at radius 1 is 1.31 bits per heavy atom. The van der Waals surface area contributed by atoms with Crippen molar-refractivity contribution < 1.29 is 23.1 Å². The molecule has 1 amide bonds. The van der Waals surface area contributed by atoms with Crippen LogP contribution in [0.2, 0.25) is 0 Å². The van der Waals surface area contributed by atoms with Gasteiger partial charge in [-0.15, -0.1) is 0 Å². The summed E-state index contributed by atoms with van der Waals surface area (Å²) < 4.78 is 37.4. The second-order valence-corrected chi connectivity index (χ2v) is 7.66. The molecule has 1 aromatic carbocycles. The molecule has 0 bridgehead atoms. The Labute approximate surface area is 151 Å². The molecule has 144 valence electrons. The second kappa shape index (κ2) is 6.85. The van der Waals surface area contributed by atoms with Gasteiger partial charge in [0.25, 0.3) is 0 Å². The lowest BCUT2D eigenvalue weighted by Gasteiger charge is -2.47. The van der Waals surface area contributed by atoms with Gasteiger partial charge in [-0.25, -0.2) is 0 Å². The van der Waals surface area contributed by atoms with E-state index in [1.165, 1.54) is 0 Å². The van der Waals surface area contributed by atoms with Crippen LogP contribution in [-0.4, -0.2) is 23.7 Å². The standard InChI is InChI=1S/C19H25F3N2O2/c1-17(2)7-5-4-6-12-10-15(25)14(23)11-13(12)18(17,3)8-9-24-16(26)19(20,21)22/h4,6,10-11,25H,5,7-9,23H2,1-3H3,(H,24,26)/t18-/m0/s1. The largest absolute Gasteiger partial charge is 0.506 e. The van der Waals surface area contributed by atoms with E-state index in [2.05, 4.69) is 13.8 Å². The zero-order chi connectivity index (χ0) is 19.8. The summed E-state index contributed by atoms with van der Waals surface area (Å²) in [5.74, 6) is -1.96. The summed E-state index contributed by atoms with van der Waals surface area (Å²) in [4.78, 5) is 11.1. The number of nitrogens with one attached hydrogen (secondary N) is 1. The predicted octanol–water partition coefficient (Wildman–Crippen LogP) is 4.13. The summed E-state index contributed by atoms with van der Waals surface area (Å²) in [6, 6.07) is 3.27. The first-order chi connectivity index (χ1) is 11.9. The number of carbonyl (C=O) groups excluding carboxylic acids is 1. The van der Waals surface area contributed by atoms with Crippen molar-refractivity contribution in [3.05, 3.63) is 29.3 Å². The number of nitrogen functional groups attached to an aromatic ring is 1. The highest BCUT2D eigenvalue weighted by Crippen LogP contribution is 2.50. The zero-order valence-electron chi connectivity index (χ0n) is 15.2. The summed E-state index contributed by atoms with van der Waals surface area (Å²) in [5.41, 5.74) is 6.94. The molecule has 26 heavy (non-hydrogen) atoms.